The maximum absolute atomic E-state index is 12.9. The largest absolute Gasteiger partial charge is 0.489 e. The van der Waals surface area contributed by atoms with E-state index in [9.17, 15) is 4.79 Å². The summed E-state index contributed by atoms with van der Waals surface area (Å²) in [6.07, 6.45) is 2.59. The van der Waals surface area contributed by atoms with E-state index in [1.807, 2.05) is 6.07 Å². The molecule has 31 heavy (non-hydrogen) atoms. The van der Waals surface area contributed by atoms with Gasteiger partial charge in [-0.05, 0) is 36.1 Å². The number of pyridine rings is 1. The molecule has 1 heterocycles. The molecule has 0 saturated heterocycles. The maximum atomic E-state index is 12.9. The lowest BCUT2D eigenvalue weighted by molar-refractivity contribution is -0.164. The van der Waals surface area contributed by atoms with E-state index in [2.05, 4.69) is 56.7 Å². The number of hydrogen-bond acceptors (Lipinski definition) is 3. The number of benzene rings is 1. The van der Waals surface area contributed by atoms with Crippen LogP contribution in [-0.2, 0) is 6.42 Å². The Morgan fingerprint density at radius 1 is 1.23 bits per heavy atom. The minimum Gasteiger partial charge on any atom is -0.489 e. The summed E-state index contributed by atoms with van der Waals surface area (Å²) in [5.41, 5.74) is 1.35. The van der Waals surface area contributed by atoms with Crippen molar-refractivity contribution < 1.29 is 9.53 Å². The van der Waals surface area contributed by atoms with E-state index in [-0.39, 0.29) is 28.9 Å². The molecule has 0 atom stereocenters. The fourth-order valence-electron chi connectivity index (χ4n) is 4.94. The van der Waals surface area contributed by atoms with E-state index in [4.69, 9.17) is 22.9 Å². The standard InChI is InChI=1S/C25H30ClN3O2/c1-15(2)12-16-8-10-20(28-14-16)21(30)29-22-24(3,4)23(25(22,5)6)31-17-9-11-19(27-7)18(26)13-17/h8-11,13-15,22-23H,12H2,1-6H3,(H,29,30). The van der Waals surface area contributed by atoms with Crippen molar-refractivity contribution >= 4 is 23.2 Å². The molecule has 0 unspecified atom stereocenters. The first-order valence-corrected chi connectivity index (χ1v) is 10.9. The number of nitrogens with zero attached hydrogens (tertiary/aromatic N) is 2. The Bertz CT molecular complexity index is 990. The van der Waals surface area contributed by atoms with Gasteiger partial charge in [0.05, 0.1) is 11.6 Å². The minimum atomic E-state index is -0.304. The summed E-state index contributed by atoms with van der Waals surface area (Å²) in [7, 11) is 0. The molecule has 0 bridgehead atoms. The number of amides is 1. The van der Waals surface area contributed by atoms with Gasteiger partial charge in [0.15, 0.2) is 0 Å². The Kier molecular flexibility index (Phi) is 6.34. The molecule has 1 aliphatic carbocycles. The van der Waals surface area contributed by atoms with Gasteiger partial charge in [0.1, 0.15) is 17.5 Å². The summed E-state index contributed by atoms with van der Waals surface area (Å²) in [6.45, 7) is 19.8. The first kappa shape index (κ1) is 23.1. The molecule has 6 heteroatoms. The smallest absolute Gasteiger partial charge is 0.270 e. The molecule has 1 aliphatic rings. The van der Waals surface area contributed by atoms with Gasteiger partial charge in [0, 0.05) is 23.1 Å². The van der Waals surface area contributed by atoms with Crippen LogP contribution in [-0.4, -0.2) is 23.0 Å². The van der Waals surface area contributed by atoms with Gasteiger partial charge < -0.3 is 10.1 Å². The van der Waals surface area contributed by atoms with Crippen molar-refractivity contribution in [3.8, 4) is 5.75 Å². The second-order valence-electron chi connectivity index (χ2n) is 9.92. The van der Waals surface area contributed by atoms with E-state index in [1.54, 1.807) is 30.5 Å². The average molecular weight is 440 g/mol. The zero-order valence-electron chi connectivity index (χ0n) is 19.0. The van der Waals surface area contributed by atoms with Gasteiger partial charge in [-0.3, -0.25) is 9.78 Å². The molecule has 1 fully saturated rings. The van der Waals surface area contributed by atoms with Gasteiger partial charge in [0.2, 0.25) is 5.69 Å². The summed E-state index contributed by atoms with van der Waals surface area (Å²) >= 11 is 6.16. The van der Waals surface area contributed by atoms with Crippen molar-refractivity contribution in [2.24, 2.45) is 16.7 Å². The van der Waals surface area contributed by atoms with Gasteiger partial charge in [0.25, 0.3) is 5.91 Å². The molecule has 0 aliphatic heterocycles. The third-order valence-corrected chi connectivity index (χ3v) is 6.41. The number of rotatable bonds is 6. The lowest BCUT2D eigenvalue weighted by atomic mass is 9.49. The van der Waals surface area contributed by atoms with Crippen LogP contribution >= 0.6 is 11.6 Å². The Hall–Kier alpha value is -2.58. The number of carbonyl (C=O) groups is 1. The predicted molar refractivity (Wildman–Crippen MR) is 124 cm³/mol. The van der Waals surface area contributed by atoms with Crippen LogP contribution in [0.25, 0.3) is 4.85 Å². The Morgan fingerprint density at radius 2 is 1.90 bits per heavy atom. The lowest BCUT2D eigenvalue weighted by Gasteiger charge is -2.63. The summed E-state index contributed by atoms with van der Waals surface area (Å²) in [5.74, 6) is 0.989. The summed E-state index contributed by atoms with van der Waals surface area (Å²) < 4.78 is 6.28. The van der Waals surface area contributed by atoms with Crippen LogP contribution < -0.4 is 10.1 Å². The van der Waals surface area contributed by atoms with E-state index in [0.717, 1.165) is 12.0 Å². The van der Waals surface area contributed by atoms with E-state index in [1.165, 1.54) is 0 Å². The van der Waals surface area contributed by atoms with Crippen molar-refractivity contribution in [3.63, 3.8) is 0 Å². The molecule has 1 saturated carbocycles. The quantitative estimate of drug-likeness (QED) is 0.553. The predicted octanol–water partition coefficient (Wildman–Crippen LogP) is 6.10. The van der Waals surface area contributed by atoms with E-state index >= 15 is 0 Å². The number of nitrogens with one attached hydrogen (secondary N) is 1. The van der Waals surface area contributed by atoms with Gasteiger partial charge in [-0.1, -0.05) is 65.3 Å². The van der Waals surface area contributed by atoms with Crippen molar-refractivity contribution in [1.82, 2.24) is 10.3 Å². The topological polar surface area (TPSA) is 55.6 Å². The van der Waals surface area contributed by atoms with Crippen LogP contribution in [0.5, 0.6) is 5.75 Å². The third kappa shape index (κ3) is 4.55. The lowest BCUT2D eigenvalue weighted by Crippen LogP contribution is -2.74. The van der Waals surface area contributed by atoms with E-state index < -0.39 is 0 Å². The second-order valence-corrected chi connectivity index (χ2v) is 10.3. The first-order chi connectivity index (χ1) is 14.5. The van der Waals surface area contributed by atoms with Crippen LogP contribution in [0.1, 0.15) is 57.6 Å². The van der Waals surface area contributed by atoms with Crippen molar-refractivity contribution in [3.05, 3.63) is 64.2 Å². The molecule has 2 aromatic rings. The Morgan fingerprint density at radius 3 is 2.42 bits per heavy atom. The summed E-state index contributed by atoms with van der Waals surface area (Å²) in [4.78, 5) is 20.6. The van der Waals surface area contributed by atoms with Gasteiger partial charge in [-0.2, -0.15) is 0 Å². The van der Waals surface area contributed by atoms with Crippen LogP contribution in [0.15, 0.2) is 36.5 Å². The number of halogens is 1. The molecule has 1 amide bonds. The van der Waals surface area contributed by atoms with Crippen LogP contribution in [0, 0.1) is 23.3 Å². The third-order valence-electron chi connectivity index (χ3n) is 6.11. The Labute approximate surface area is 190 Å². The van der Waals surface area contributed by atoms with Crippen LogP contribution in [0.2, 0.25) is 5.02 Å². The molecule has 1 aromatic carbocycles. The second kappa shape index (κ2) is 8.51. The SMILES string of the molecule is [C-]#[N+]c1ccc(OC2C(C)(C)C(NC(=O)c3ccc(CC(C)C)cn3)C2(C)C)cc1Cl. The number of aromatic nitrogens is 1. The summed E-state index contributed by atoms with van der Waals surface area (Å²) in [5, 5.41) is 3.55. The van der Waals surface area contributed by atoms with Gasteiger partial charge in [-0.25, -0.2) is 4.85 Å². The molecular formula is C25H30ClN3O2. The number of hydrogen-bond donors (Lipinski definition) is 1. The Balaban J connectivity index is 1.71. The number of ether oxygens (including phenoxy) is 1. The zero-order valence-corrected chi connectivity index (χ0v) is 19.7. The molecule has 1 aromatic heterocycles. The minimum absolute atomic E-state index is 0.0902. The van der Waals surface area contributed by atoms with Crippen molar-refractivity contribution in [2.75, 3.05) is 0 Å². The molecule has 164 valence electrons. The van der Waals surface area contributed by atoms with Crippen molar-refractivity contribution in [1.29, 1.82) is 0 Å². The van der Waals surface area contributed by atoms with Gasteiger partial charge in [-0.15, -0.1) is 0 Å². The van der Waals surface area contributed by atoms with Crippen molar-refractivity contribution in [2.45, 2.75) is 60.1 Å². The highest BCUT2D eigenvalue weighted by Gasteiger charge is 2.64. The molecule has 0 radical (unpaired) electrons. The highest BCUT2D eigenvalue weighted by molar-refractivity contribution is 6.33. The average Bonchev–Trinajstić information content (AvgIpc) is 2.70. The molecule has 0 spiro atoms. The normalized spacial score (nSPS) is 21.1. The zero-order chi connectivity index (χ0) is 23.0. The molecule has 1 N–H and O–H groups in total. The highest BCUT2D eigenvalue weighted by Crippen LogP contribution is 2.55. The van der Waals surface area contributed by atoms with Crippen LogP contribution in [0.3, 0.4) is 0 Å². The molecule has 5 nitrogen and oxygen atoms in total. The molecular weight excluding hydrogens is 410 g/mol. The number of carbonyl (C=O) groups excluding carboxylic acids is 1. The highest BCUT2D eigenvalue weighted by atomic mass is 35.5. The molecule has 3 rings (SSSR count). The summed E-state index contributed by atoms with van der Waals surface area (Å²) in [6, 6.07) is 8.78. The fraction of sp³-hybridized carbons (Fsp3) is 0.480. The maximum Gasteiger partial charge on any atom is 0.270 e. The fourth-order valence-corrected chi connectivity index (χ4v) is 5.16. The van der Waals surface area contributed by atoms with Gasteiger partial charge >= 0.3 is 0 Å². The monoisotopic (exact) mass is 439 g/mol. The van der Waals surface area contributed by atoms with Crippen LogP contribution in [0.4, 0.5) is 5.69 Å². The first-order valence-electron chi connectivity index (χ1n) is 10.6. The van der Waals surface area contributed by atoms with E-state index in [0.29, 0.717) is 28.1 Å².